The maximum Gasteiger partial charge on any atom is -0.0443 e. The summed E-state index contributed by atoms with van der Waals surface area (Å²) in [6, 6.07) is 0. The summed E-state index contributed by atoms with van der Waals surface area (Å²) in [6.45, 7) is 9.47. The highest BCUT2D eigenvalue weighted by Gasteiger charge is 2.04. The number of rotatable bonds is 13. The van der Waals surface area contributed by atoms with Gasteiger partial charge in [-0.2, -0.15) is 0 Å². The van der Waals surface area contributed by atoms with Gasteiger partial charge in [0.25, 0.3) is 0 Å². The number of unbranched alkanes of at least 4 members (excludes halogenated alkanes) is 5. The zero-order valence-electron chi connectivity index (χ0n) is 13.6. The Hall–Kier alpha value is 0. The van der Waals surface area contributed by atoms with Crippen molar-refractivity contribution in [3.63, 3.8) is 0 Å². The van der Waals surface area contributed by atoms with E-state index in [1.165, 1.54) is 77.0 Å². The van der Waals surface area contributed by atoms with Gasteiger partial charge in [-0.1, -0.05) is 105 Å². The molecule has 0 heterocycles. The Bertz CT molecular complexity index is 150. The number of hydrogen-bond acceptors (Lipinski definition) is 0. The minimum absolute atomic E-state index is 0.958. The summed E-state index contributed by atoms with van der Waals surface area (Å²) in [5, 5.41) is 0. The molecule has 0 fully saturated rings. The normalized spacial score (nSPS) is 14.7. The summed E-state index contributed by atoms with van der Waals surface area (Å²) in [7, 11) is 0. The second kappa shape index (κ2) is 13.4. The van der Waals surface area contributed by atoms with Crippen LogP contribution < -0.4 is 0 Å². The molecule has 0 bridgehead atoms. The summed E-state index contributed by atoms with van der Waals surface area (Å²) in [5.41, 5.74) is 0. The average Bonchev–Trinajstić information content (AvgIpc) is 2.35. The Balaban J connectivity index is 3.23. The van der Waals surface area contributed by atoms with Gasteiger partial charge in [0.05, 0.1) is 0 Å². The molecular formula is C18H38. The molecule has 18 heavy (non-hydrogen) atoms. The van der Waals surface area contributed by atoms with Crippen molar-refractivity contribution in [3.05, 3.63) is 0 Å². The Morgan fingerprint density at radius 2 is 0.944 bits per heavy atom. The van der Waals surface area contributed by atoms with Gasteiger partial charge in [0.1, 0.15) is 0 Å². The molecule has 0 spiro atoms. The monoisotopic (exact) mass is 254 g/mol. The standard InChI is InChI=1S/C18H38/c1-5-7-8-9-10-14-18(4)16-12-11-15-17(3)13-6-2/h17-18H,5-16H2,1-4H3. The molecule has 0 saturated carbocycles. The minimum Gasteiger partial charge on any atom is -0.0654 e. The van der Waals surface area contributed by atoms with E-state index in [0.29, 0.717) is 0 Å². The van der Waals surface area contributed by atoms with Crippen LogP contribution in [-0.2, 0) is 0 Å². The van der Waals surface area contributed by atoms with E-state index in [1.807, 2.05) is 0 Å². The van der Waals surface area contributed by atoms with E-state index >= 15 is 0 Å². The summed E-state index contributed by atoms with van der Waals surface area (Å²) < 4.78 is 0. The summed E-state index contributed by atoms with van der Waals surface area (Å²) in [6.07, 6.45) is 17.3. The quantitative estimate of drug-likeness (QED) is 0.311. The van der Waals surface area contributed by atoms with E-state index in [1.54, 1.807) is 0 Å². The summed E-state index contributed by atoms with van der Waals surface area (Å²) in [4.78, 5) is 0. The predicted molar refractivity (Wildman–Crippen MR) is 85.1 cm³/mol. The van der Waals surface area contributed by atoms with E-state index in [4.69, 9.17) is 0 Å². The molecular weight excluding hydrogens is 216 g/mol. The van der Waals surface area contributed by atoms with Crippen molar-refractivity contribution < 1.29 is 0 Å². The molecule has 0 nitrogen and oxygen atoms in total. The number of hydrogen-bond donors (Lipinski definition) is 0. The maximum absolute atomic E-state index is 2.45. The Morgan fingerprint density at radius 3 is 1.44 bits per heavy atom. The Kier molecular flexibility index (Phi) is 13.4. The molecule has 2 unspecified atom stereocenters. The van der Waals surface area contributed by atoms with Gasteiger partial charge < -0.3 is 0 Å². The molecule has 0 aliphatic carbocycles. The van der Waals surface area contributed by atoms with Gasteiger partial charge in [-0.05, 0) is 11.8 Å². The first-order valence-electron chi connectivity index (χ1n) is 8.70. The molecule has 0 saturated heterocycles. The molecule has 0 aliphatic rings. The first-order chi connectivity index (χ1) is 8.70. The highest BCUT2D eigenvalue weighted by Crippen LogP contribution is 2.20. The lowest BCUT2D eigenvalue weighted by atomic mass is 9.94. The van der Waals surface area contributed by atoms with E-state index in [2.05, 4.69) is 27.7 Å². The van der Waals surface area contributed by atoms with Crippen LogP contribution in [0.3, 0.4) is 0 Å². The fraction of sp³-hybridized carbons (Fsp3) is 1.00. The van der Waals surface area contributed by atoms with Crippen LogP contribution in [0.1, 0.15) is 105 Å². The third-order valence-corrected chi connectivity index (χ3v) is 4.23. The van der Waals surface area contributed by atoms with Crippen LogP contribution >= 0.6 is 0 Å². The van der Waals surface area contributed by atoms with Crippen molar-refractivity contribution in [2.24, 2.45) is 11.8 Å². The largest absolute Gasteiger partial charge is 0.0654 e. The Labute approximate surface area is 117 Å². The molecule has 0 rings (SSSR count). The fourth-order valence-corrected chi connectivity index (χ4v) is 2.86. The summed E-state index contributed by atoms with van der Waals surface area (Å²) in [5.74, 6) is 1.92. The van der Waals surface area contributed by atoms with Gasteiger partial charge in [-0.15, -0.1) is 0 Å². The van der Waals surface area contributed by atoms with E-state index in [0.717, 1.165) is 11.8 Å². The zero-order chi connectivity index (χ0) is 13.6. The Morgan fingerprint density at radius 1 is 0.500 bits per heavy atom. The van der Waals surface area contributed by atoms with Gasteiger partial charge in [0.2, 0.25) is 0 Å². The molecule has 2 atom stereocenters. The van der Waals surface area contributed by atoms with Gasteiger partial charge in [0.15, 0.2) is 0 Å². The molecule has 0 aliphatic heterocycles. The van der Waals surface area contributed by atoms with Crippen molar-refractivity contribution >= 4 is 0 Å². The van der Waals surface area contributed by atoms with Crippen LogP contribution in [0.15, 0.2) is 0 Å². The van der Waals surface area contributed by atoms with Crippen LogP contribution in [0.25, 0.3) is 0 Å². The van der Waals surface area contributed by atoms with E-state index in [-0.39, 0.29) is 0 Å². The second-order valence-corrected chi connectivity index (χ2v) is 6.49. The molecule has 0 heteroatoms. The predicted octanol–water partition coefficient (Wildman–Crippen LogP) is 6.98. The van der Waals surface area contributed by atoms with E-state index in [9.17, 15) is 0 Å². The third kappa shape index (κ3) is 12.5. The molecule has 0 aromatic heterocycles. The molecule has 0 aromatic rings. The van der Waals surface area contributed by atoms with Crippen molar-refractivity contribution in [2.45, 2.75) is 105 Å². The van der Waals surface area contributed by atoms with Crippen LogP contribution in [0, 0.1) is 11.8 Å². The van der Waals surface area contributed by atoms with Crippen molar-refractivity contribution in [1.29, 1.82) is 0 Å². The SMILES string of the molecule is CCCCCCCC(C)CCCCC(C)CCC. The average molecular weight is 255 g/mol. The van der Waals surface area contributed by atoms with Crippen molar-refractivity contribution in [1.82, 2.24) is 0 Å². The lowest BCUT2D eigenvalue weighted by molar-refractivity contribution is 0.408. The lowest BCUT2D eigenvalue weighted by Crippen LogP contribution is -1.97. The van der Waals surface area contributed by atoms with Crippen LogP contribution in [-0.4, -0.2) is 0 Å². The van der Waals surface area contributed by atoms with Gasteiger partial charge in [0, 0.05) is 0 Å². The summed E-state index contributed by atoms with van der Waals surface area (Å²) >= 11 is 0. The second-order valence-electron chi connectivity index (χ2n) is 6.49. The van der Waals surface area contributed by atoms with E-state index < -0.39 is 0 Å². The third-order valence-electron chi connectivity index (χ3n) is 4.23. The van der Waals surface area contributed by atoms with Gasteiger partial charge in [-0.25, -0.2) is 0 Å². The molecule has 0 N–H and O–H groups in total. The smallest absolute Gasteiger partial charge is 0.0443 e. The van der Waals surface area contributed by atoms with Crippen LogP contribution in [0.5, 0.6) is 0 Å². The van der Waals surface area contributed by atoms with Gasteiger partial charge in [-0.3, -0.25) is 0 Å². The van der Waals surface area contributed by atoms with Crippen molar-refractivity contribution in [3.8, 4) is 0 Å². The fourth-order valence-electron chi connectivity index (χ4n) is 2.86. The van der Waals surface area contributed by atoms with Crippen LogP contribution in [0.4, 0.5) is 0 Å². The first kappa shape index (κ1) is 18.0. The topological polar surface area (TPSA) is 0 Å². The highest BCUT2D eigenvalue weighted by molar-refractivity contribution is 4.57. The van der Waals surface area contributed by atoms with Crippen molar-refractivity contribution in [2.75, 3.05) is 0 Å². The molecule has 0 aromatic carbocycles. The lowest BCUT2D eigenvalue weighted by Gasteiger charge is -2.13. The van der Waals surface area contributed by atoms with Gasteiger partial charge >= 0.3 is 0 Å². The first-order valence-corrected chi connectivity index (χ1v) is 8.70. The molecule has 110 valence electrons. The molecule has 0 radical (unpaired) electrons. The highest BCUT2D eigenvalue weighted by atomic mass is 14.1. The zero-order valence-corrected chi connectivity index (χ0v) is 13.6. The van der Waals surface area contributed by atoms with Crippen LogP contribution in [0.2, 0.25) is 0 Å². The minimum atomic E-state index is 0.958. The molecule has 0 amide bonds. The maximum atomic E-state index is 2.45.